The molecule has 1 N–H and O–H groups in total. The molecule has 1 unspecified atom stereocenters. The maximum absolute atomic E-state index is 12.8. The van der Waals surface area contributed by atoms with Gasteiger partial charge >= 0.3 is 5.12 Å². The van der Waals surface area contributed by atoms with Crippen LogP contribution in [0.4, 0.5) is 0 Å². The Hall–Kier alpha value is -2.12. The first-order chi connectivity index (χ1) is 11.6. The number of aromatic nitrogens is 1. The third kappa shape index (κ3) is 3.37. The summed E-state index contributed by atoms with van der Waals surface area (Å²) in [6.07, 6.45) is 1.58. The van der Waals surface area contributed by atoms with Crippen molar-refractivity contribution in [1.29, 1.82) is 0 Å². The second kappa shape index (κ2) is 7.19. The number of benzene rings is 1. The number of rotatable bonds is 4. The van der Waals surface area contributed by atoms with Gasteiger partial charge in [0.1, 0.15) is 28.8 Å². The monoisotopic (exact) mass is 361 g/mol. The third-order valence-corrected chi connectivity index (χ3v) is 6.31. The van der Waals surface area contributed by atoms with Crippen molar-refractivity contribution in [2.75, 3.05) is 12.3 Å². The molecule has 1 aliphatic rings. The largest absolute Gasteiger partial charge is 0.482 e. The zero-order chi connectivity index (χ0) is 17.1. The minimum atomic E-state index is -0.688. The van der Waals surface area contributed by atoms with E-state index >= 15 is 0 Å². The molecule has 0 aliphatic carbocycles. The van der Waals surface area contributed by atoms with Crippen LogP contribution < -0.4 is 15.6 Å². The summed E-state index contributed by atoms with van der Waals surface area (Å²) in [6, 6.07) is 11.2. The van der Waals surface area contributed by atoms with E-state index in [0.29, 0.717) is 22.2 Å². The summed E-state index contributed by atoms with van der Waals surface area (Å²) >= 11 is 5.22. The maximum Gasteiger partial charge on any atom is 0.374 e. The van der Waals surface area contributed by atoms with Crippen LogP contribution in [0.2, 0.25) is 0 Å². The topological polar surface area (TPSA) is 60.3 Å². The summed E-state index contributed by atoms with van der Waals surface area (Å²) in [5.74, 6) is 0.765. The van der Waals surface area contributed by atoms with Crippen molar-refractivity contribution in [2.45, 2.75) is 6.61 Å². The normalized spacial score (nSPS) is 16.7. The van der Waals surface area contributed by atoms with Crippen LogP contribution in [0, 0.1) is 0 Å². The van der Waals surface area contributed by atoms with Crippen LogP contribution in [0.15, 0.2) is 47.4 Å². The Labute approximate surface area is 148 Å². The number of ether oxygens (including phenoxy) is 1. The number of hydrogen-bond acceptors (Lipinski definition) is 4. The van der Waals surface area contributed by atoms with E-state index in [-0.39, 0.29) is 23.0 Å². The second-order valence-corrected chi connectivity index (χ2v) is 7.98. The van der Waals surface area contributed by atoms with Crippen molar-refractivity contribution in [3.8, 4) is 5.75 Å². The van der Waals surface area contributed by atoms with E-state index in [4.69, 9.17) is 17.0 Å². The quantitative estimate of drug-likeness (QED) is 0.662. The summed E-state index contributed by atoms with van der Waals surface area (Å²) in [7, 11) is 0.947. The first-order valence-electron chi connectivity index (χ1n) is 7.47. The highest BCUT2D eigenvalue weighted by Gasteiger charge is 2.42. The number of aryl methyl sites for hydroxylation is 1. The Kier molecular flexibility index (Phi) is 5.01. The highest BCUT2D eigenvalue weighted by molar-refractivity contribution is 8.30. The molecule has 0 saturated carbocycles. The van der Waals surface area contributed by atoms with Crippen LogP contribution in [-0.2, 0) is 24.5 Å². The predicted octanol–water partition coefficient (Wildman–Crippen LogP) is 1.61. The highest BCUT2D eigenvalue weighted by atomic mass is 32.2. The lowest BCUT2D eigenvalue weighted by Crippen LogP contribution is -2.28. The van der Waals surface area contributed by atoms with Gasteiger partial charge in [0.2, 0.25) is 5.75 Å². The van der Waals surface area contributed by atoms with Crippen LogP contribution in [0.1, 0.15) is 15.9 Å². The van der Waals surface area contributed by atoms with E-state index < -0.39 is 10.9 Å². The molecule has 0 bridgehead atoms. The summed E-state index contributed by atoms with van der Waals surface area (Å²) < 4.78 is 7.71. The van der Waals surface area contributed by atoms with Crippen LogP contribution in [0.25, 0.3) is 0 Å². The molecule has 2 heterocycles. The van der Waals surface area contributed by atoms with Gasteiger partial charge in [-0.25, -0.2) is 4.79 Å². The number of carbonyl (C=O) groups is 1. The first kappa shape index (κ1) is 16.7. The number of thiocarbonyl (C=S) groups is 1. The van der Waals surface area contributed by atoms with Gasteiger partial charge in [-0.3, -0.25) is 4.79 Å². The number of nitrogens with one attached hydrogen (secondary N) is 1. The fourth-order valence-corrected chi connectivity index (χ4v) is 4.51. The van der Waals surface area contributed by atoms with Crippen molar-refractivity contribution in [2.24, 2.45) is 7.05 Å². The Bertz CT molecular complexity index is 833. The molecule has 2 aromatic rings. The number of nitrogens with zero attached hydrogens (tertiary/aromatic N) is 1. The molecule has 1 atom stereocenters. The van der Waals surface area contributed by atoms with E-state index in [1.54, 1.807) is 19.3 Å². The Morgan fingerprint density at radius 3 is 2.75 bits per heavy atom. The number of hydrogen-bond donors (Lipinski definition) is 1. The fraction of sp³-hybridized carbons (Fsp3) is 0.235. The van der Waals surface area contributed by atoms with Gasteiger partial charge in [-0.1, -0.05) is 30.3 Å². The lowest BCUT2D eigenvalue weighted by atomic mass is 10.2. The van der Waals surface area contributed by atoms with Crippen molar-refractivity contribution < 1.29 is 9.53 Å². The van der Waals surface area contributed by atoms with E-state index in [0.717, 1.165) is 5.56 Å². The molecule has 1 saturated heterocycles. The lowest BCUT2D eigenvalue weighted by Gasteiger charge is -2.10. The van der Waals surface area contributed by atoms with Crippen molar-refractivity contribution >= 4 is 32.5 Å². The highest BCUT2D eigenvalue weighted by Crippen LogP contribution is 2.21. The minimum Gasteiger partial charge on any atom is -0.482 e. The van der Waals surface area contributed by atoms with Crippen molar-refractivity contribution in [3.63, 3.8) is 0 Å². The van der Waals surface area contributed by atoms with Gasteiger partial charge in [-0.05, 0) is 23.8 Å². The van der Waals surface area contributed by atoms with Gasteiger partial charge in [0.25, 0.3) is 9.88 Å². The zero-order valence-electron chi connectivity index (χ0n) is 13.2. The van der Waals surface area contributed by atoms with Gasteiger partial charge < -0.3 is 14.6 Å². The minimum absolute atomic E-state index is 0.0936. The molecule has 1 fully saturated rings. The molecule has 24 heavy (non-hydrogen) atoms. The van der Waals surface area contributed by atoms with Gasteiger partial charge in [0.15, 0.2) is 0 Å². The molecule has 0 spiro atoms. The zero-order valence-corrected chi connectivity index (χ0v) is 14.8. The Balaban J connectivity index is 1.92. The van der Waals surface area contributed by atoms with Crippen molar-refractivity contribution in [3.05, 3.63) is 64.1 Å². The van der Waals surface area contributed by atoms with E-state index in [2.05, 4.69) is 5.32 Å². The molecule has 1 aromatic carbocycles. The molecule has 1 aliphatic heterocycles. The summed E-state index contributed by atoms with van der Waals surface area (Å²) in [5.41, 5.74) is 0.921. The second-order valence-electron chi connectivity index (χ2n) is 5.35. The predicted molar refractivity (Wildman–Crippen MR) is 99.6 cm³/mol. The molecule has 3 rings (SSSR count). The molecule has 1 aromatic heterocycles. The Morgan fingerprint density at radius 2 is 2.08 bits per heavy atom. The molecule has 124 valence electrons. The van der Waals surface area contributed by atoms with E-state index in [9.17, 15) is 9.59 Å². The summed E-state index contributed by atoms with van der Waals surface area (Å²) in [4.78, 5) is 25.3. The van der Waals surface area contributed by atoms with E-state index in [1.807, 2.05) is 30.3 Å². The van der Waals surface area contributed by atoms with E-state index in [1.165, 1.54) is 4.57 Å². The molecular formula is C17H17N2O3S2+. The summed E-state index contributed by atoms with van der Waals surface area (Å²) in [6.45, 7) is 0.926. The molecular weight excluding hydrogens is 344 g/mol. The van der Waals surface area contributed by atoms with Gasteiger partial charge in [-0.15, -0.1) is 0 Å². The van der Waals surface area contributed by atoms with Gasteiger partial charge in [0.05, 0.1) is 6.54 Å². The number of pyridine rings is 1. The average Bonchev–Trinajstić information content (AvgIpc) is 3.02. The van der Waals surface area contributed by atoms with Gasteiger partial charge in [-0.2, -0.15) is 0 Å². The van der Waals surface area contributed by atoms with Crippen molar-refractivity contribution in [1.82, 2.24) is 9.88 Å². The van der Waals surface area contributed by atoms with Gasteiger partial charge in [0, 0.05) is 13.2 Å². The maximum atomic E-state index is 12.8. The summed E-state index contributed by atoms with van der Waals surface area (Å²) in [5, 5.41) is 2.89. The average molecular weight is 361 g/mol. The van der Waals surface area contributed by atoms with Crippen LogP contribution in [0.3, 0.4) is 0 Å². The smallest absolute Gasteiger partial charge is 0.374 e. The Morgan fingerprint density at radius 1 is 1.33 bits per heavy atom. The fourth-order valence-electron chi connectivity index (χ4n) is 2.38. The molecule has 0 radical (unpaired) electrons. The van der Waals surface area contributed by atoms with Crippen LogP contribution in [0.5, 0.6) is 5.75 Å². The molecule has 7 heteroatoms. The third-order valence-electron chi connectivity index (χ3n) is 3.69. The lowest BCUT2D eigenvalue weighted by molar-refractivity contribution is 0.108. The molecule has 5 nitrogen and oxygen atoms in total. The first-order valence-corrected chi connectivity index (χ1v) is 9.27. The molecule has 0 amide bonds. The SMILES string of the molecule is Cn1ccc(C(=O)[S+]2CCNC2=S)c(OCc2ccccc2)c1=O. The van der Waals surface area contributed by atoms with Crippen LogP contribution in [-0.4, -0.2) is 26.3 Å². The number of carbonyl (C=O) groups excluding carboxylic acids is 1. The van der Waals surface area contributed by atoms with Crippen LogP contribution >= 0.6 is 12.2 Å². The standard InChI is InChI=1S/C17H16N2O3S2/c1-19-9-7-13(16(21)24-10-8-18-17(24)23)14(15(19)20)22-11-12-5-3-2-4-6-12/h2-7,9H,8,10-11H2,1H3/p+1.